The maximum absolute atomic E-state index is 11.1. The number of hydrogen-bond acceptors (Lipinski definition) is 5. The van der Waals surface area contributed by atoms with Gasteiger partial charge in [-0.2, -0.15) is 0 Å². The molecule has 1 atom stereocenters. The van der Waals surface area contributed by atoms with Crippen molar-refractivity contribution in [3.8, 4) is 5.75 Å². The Labute approximate surface area is 109 Å². The average molecular weight is 294 g/mol. The van der Waals surface area contributed by atoms with Gasteiger partial charge in [0.15, 0.2) is 5.75 Å². The van der Waals surface area contributed by atoms with E-state index in [1.54, 1.807) is 6.92 Å². The van der Waals surface area contributed by atoms with E-state index in [0.717, 1.165) is 6.07 Å². The molecule has 18 heavy (non-hydrogen) atoms. The van der Waals surface area contributed by atoms with Crippen LogP contribution < -0.4 is 4.74 Å². The van der Waals surface area contributed by atoms with E-state index in [2.05, 4.69) is 0 Å². The van der Waals surface area contributed by atoms with Crippen molar-refractivity contribution in [2.45, 2.75) is 31.3 Å². The molecule has 0 aromatic heterocycles. The minimum absolute atomic E-state index is 0.0263. The van der Waals surface area contributed by atoms with Crippen LogP contribution in [0.2, 0.25) is 0 Å². The summed E-state index contributed by atoms with van der Waals surface area (Å²) in [6, 6.07) is 3.30. The fraction of sp³-hybridized carbons (Fsp3) is 0.400. The van der Waals surface area contributed by atoms with E-state index in [1.807, 2.05) is 6.92 Å². The highest BCUT2D eigenvalue weighted by molar-refractivity contribution is 8.13. The molecule has 0 heterocycles. The summed E-state index contributed by atoms with van der Waals surface area (Å²) in [6.45, 7) is 3.63. The quantitative estimate of drug-likeness (QED) is 0.473. The van der Waals surface area contributed by atoms with Crippen LogP contribution in [-0.2, 0) is 9.05 Å². The fourth-order valence-corrected chi connectivity index (χ4v) is 1.96. The molecule has 1 aromatic rings. The topological polar surface area (TPSA) is 86.5 Å². The number of rotatable bonds is 5. The summed E-state index contributed by atoms with van der Waals surface area (Å²) >= 11 is 0. The zero-order valence-corrected chi connectivity index (χ0v) is 11.4. The third-order valence-corrected chi connectivity index (χ3v) is 3.66. The molecule has 0 N–H and O–H groups in total. The van der Waals surface area contributed by atoms with Crippen LogP contribution in [0.4, 0.5) is 5.69 Å². The summed E-state index contributed by atoms with van der Waals surface area (Å²) in [5, 5.41) is 10.9. The Balaban J connectivity index is 3.25. The van der Waals surface area contributed by atoms with E-state index in [1.165, 1.54) is 12.1 Å². The lowest BCUT2D eigenvalue weighted by Crippen LogP contribution is -2.11. The first kappa shape index (κ1) is 14.7. The molecule has 0 amide bonds. The van der Waals surface area contributed by atoms with Crippen LogP contribution >= 0.6 is 10.7 Å². The summed E-state index contributed by atoms with van der Waals surface area (Å²) < 4.78 is 27.5. The van der Waals surface area contributed by atoms with E-state index in [0.29, 0.717) is 6.42 Å². The van der Waals surface area contributed by atoms with Crippen LogP contribution in [0.1, 0.15) is 20.3 Å². The van der Waals surface area contributed by atoms with Crippen LogP contribution in [0.15, 0.2) is 23.1 Å². The number of hydrogen-bond donors (Lipinski definition) is 0. The predicted molar refractivity (Wildman–Crippen MR) is 66.5 cm³/mol. The molecule has 0 aliphatic heterocycles. The molecule has 1 rings (SSSR count). The van der Waals surface area contributed by atoms with Gasteiger partial charge in [-0.1, -0.05) is 6.92 Å². The van der Waals surface area contributed by atoms with Gasteiger partial charge < -0.3 is 4.74 Å². The Kier molecular flexibility index (Phi) is 4.53. The van der Waals surface area contributed by atoms with Crippen molar-refractivity contribution in [1.82, 2.24) is 0 Å². The second kappa shape index (κ2) is 5.53. The molecule has 0 aliphatic rings. The average Bonchev–Trinajstić information content (AvgIpc) is 2.27. The van der Waals surface area contributed by atoms with Crippen LogP contribution in [0.3, 0.4) is 0 Å². The fourth-order valence-electron chi connectivity index (χ4n) is 1.19. The van der Waals surface area contributed by atoms with Crippen LogP contribution in [0.25, 0.3) is 0 Å². The monoisotopic (exact) mass is 293 g/mol. The van der Waals surface area contributed by atoms with Gasteiger partial charge in [0, 0.05) is 16.7 Å². The summed E-state index contributed by atoms with van der Waals surface area (Å²) in [7, 11) is 1.13. The van der Waals surface area contributed by atoms with Crippen LogP contribution in [0.5, 0.6) is 5.75 Å². The standard InChI is InChI=1S/C10H12ClNO5S/c1-3-7(2)17-10-5-4-8(18(11,15)16)6-9(10)12(13)14/h4-7H,3H2,1-2H3/t7-/m0/s1. The minimum Gasteiger partial charge on any atom is -0.484 e. The molecule has 1 aromatic carbocycles. The Morgan fingerprint density at radius 1 is 1.50 bits per heavy atom. The van der Waals surface area contributed by atoms with Crippen molar-refractivity contribution in [3.63, 3.8) is 0 Å². The third-order valence-electron chi connectivity index (χ3n) is 2.31. The molecule has 8 heteroatoms. The third kappa shape index (κ3) is 3.58. The lowest BCUT2D eigenvalue weighted by atomic mass is 10.2. The van der Waals surface area contributed by atoms with Crippen molar-refractivity contribution < 1.29 is 18.1 Å². The lowest BCUT2D eigenvalue weighted by Gasteiger charge is -2.12. The number of nitro benzene ring substituents is 1. The molecule has 0 aliphatic carbocycles. The van der Waals surface area contributed by atoms with Gasteiger partial charge >= 0.3 is 5.69 Å². The second-order valence-electron chi connectivity index (χ2n) is 3.66. The van der Waals surface area contributed by atoms with Crippen molar-refractivity contribution in [2.24, 2.45) is 0 Å². The van der Waals surface area contributed by atoms with Gasteiger partial charge in [0.1, 0.15) is 0 Å². The molecule has 0 saturated carbocycles. The zero-order chi connectivity index (χ0) is 13.9. The Hall–Kier alpha value is -1.34. The van der Waals surface area contributed by atoms with Crippen LogP contribution in [0, 0.1) is 10.1 Å². The lowest BCUT2D eigenvalue weighted by molar-refractivity contribution is -0.386. The second-order valence-corrected chi connectivity index (χ2v) is 6.23. The van der Waals surface area contributed by atoms with Crippen molar-refractivity contribution in [3.05, 3.63) is 28.3 Å². The van der Waals surface area contributed by atoms with Gasteiger partial charge in [0.2, 0.25) is 0 Å². The number of nitrogens with zero attached hydrogens (tertiary/aromatic N) is 1. The van der Waals surface area contributed by atoms with Gasteiger partial charge in [-0.05, 0) is 25.5 Å². The van der Waals surface area contributed by atoms with E-state index < -0.39 is 19.7 Å². The van der Waals surface area contributed by atoms with E-state index in [-0.39, 0.29) is 16.7 Å². The number of benzene rings is 1. The number of halogens is 1. The van der Waals surface area contributed by atoms with Crippen molar-refractivity contribution >= 4 is 25.4 Å². The normalized spacial score (nSPS) is 13.1. The van der Waals surface area contributed by atoms with Gasteiger partial charge in [0.05, 0.1) is 15.9 Å². The molecule has 6 nitrogen and oxygen atoms in total. The van der Waals surface area contributed by atoms with Crippen molar-refractivity contribution in [1.29, 1.82) is 0 Å². The van der Waals surface area contributed by atoms with Crippen LogP contribution in [-0.4, -0.2) is 19.4 Å². The molecular formula is C10H12ClNO5S. The van der Waals surface area contributed by atoms with E-state index >= 15 is 0 Å². The highest BCUT2D eigenvalue weighted by atomic mass is 35.7. The first-order valence-electron chi connectivity index (χ1n) is 5.15. The molecule has 0 unspecified atom stereocenters. The molecule has 0 spiro atoms. The molecule has 0 radical (unpaired) electrons. The van der Waals surface area contributed by atoms with Gasteiger partial charge in [-0.25, -0.2) is 8.42 Å². The largest absolute Gasteiger partial charge is 0.484 e. The van der Waals surface area contributed by atoms with Crippen molar-refractivity contribution in [2.75, 3.05) is 0 Å². The van der Waals surface area contributed by atoms with Gasteiger partial charge in [0.25, 0.3) is 9.05 Å². The number of ether oxygens (including phenoxy) is 1. The minimum atomic E-state index is -4.00. The SMILES string of the molecule is CC[C@H](C)Oc1ccc(S(=O)(=O)Cl)cc1[N+](=O)[O-]. The maximum Gasteiger partial charge on any atom is 0.312 e. The first-order chi connectivity index (χ1) is 8.25. The highest BCUT2D eigenvalue weighted by Gasteiger charge is 2.21. The molecule has 0 bridgehead atoms. The van der Waals surface area contributed by atoms with E-state index in [4.69, 9.17) is 15.4 Å². The molecule has 100 valence electrons. The zero-order valence-electron chi connectivity index (χ0n) is 9.79. The van der Waals surface area contributed by atoms with Gasteiger partial charge in [-0.3, -0.25) is 10.1 Å². The first-order valence-corrected chi connectivity index (χ1v) is 7.46. The highest BCUT2D eigenvalue weighted by Crippen LogP contribution is 2.31. The van der Waals surface area contributed by atoms with E-state index in [9.17, 15) is 18.5 Å². The summed E-state index contributed by atoms with van der Waals surface area (Å²) in [5.41, 5.74) is -0.419. The summed E-state index contributed by atoms with van der Waals surface area (Å²) in [4.78, 5) is 9.83. The Morgan fingerprint density at radius 3 is 2.56 bits per heavy atom. The molecular weight excluding hydrogens is 282 g/mol. The Morgan fingerprint density at radius 2 is 2.11 bits per heavy atom. The maximum atomic E-state index is 11.1. The van der Waals surface area contributed by atoms with Gasteiger partial charge in [-0.15, -0.1) is 0 Å². The summed E-state index contributed by atoms with van der Waals surface area (Å²) in [6.07, 6.45) is 0.467. The number of nitro groups is 1. The Bertz CT molecular complexity index is 557. The molecule has 0 saturated heterocycles. The summed E-state index contributed by atoms with van der Waals surface area (Å²) in [5.74, 6) is 0.0263. The smallest absolute Gasteiger partial charge is 0.312 e. The predicted octanol–water partition coefficient (Wildman–Crippen LogP) is 2.70. The molecule has 0 fully saturated rings.